The average molecular weight is 333 g/mol. The number of hydrogen-bond donors (Lipinski definition) is 3. The maximum atomic E-state index is 11.6. The molecule has 3 aromatic rings. The Morgan fingerprint density at radius 1 is 0.960 bits per heavy atom. The van der Waals surface area contributed by atoms with Crippen molar-refractivity contribution in [1.82, 2.24) is 15.8 Å². The highest BCUT2D eigenvalue weighted by atomic mass is 16.3. The van der Waals surface area contributed by atoms with Crippen LogP contribution in [-0.2, 0) is 0 Å². The molecule has 2 aromatic carbocycles. The molecule has 7 heteroatoms. The van der Waals surface area contributed by atoms with Gasteiger partial charge in [0.1, 0.15) is 5.75 Å². The summed E-state index contributed by atoms with van der Waals surface area (Å²) in [4.78, 5) is 15.5. The molecule has 0 saturated carbocycles. The van der Waals surface area contributed by atoms with E-state index in [0.29, 0.717) is 5.56 Å². The number of carbonyl (C=O) groups excluding carboxylic acids is 1. The lowest BCUT2D eigenvalue weighted by Gasteiger charge is -2.04. The van der Waals surface area contributed by atoms with Crippen LogP contribution in [0, 0.1) is 0 Å². The highest BCUT2D eigenvalue weighted by molar-refractivity contribution is 6.02. The predicted octanol–water partition coefficient (Wildman–Crippen LogP) is 2.61. The van der Waals surface area contributed by atoms with E-state index >= 15 is 0 Å². The van der Waals surface area contributed by atoms with Gasteiger partial charge in [-0.15, -0.1) is 0 Å². The Labute approximate surface area is 143 Å². The van der Waals surface area contributed by atoms with Gasteiger partial charge in [0.05, 0.1) is 12.4 Å². The number of rotatable bonds is 4. The summed E-state index contributed by atoms with van der Waals surface area (Å²) in [5.41, 5.74) is 5.92. The van der Waals surface area contributed by atoms with E-state index in [4.69, 9.17) is 0 Å². The van der Waals surface area contributed by atoms with Crippen molar-refractivity contribution in [1.29, 1.82) is 0 Å². The Bertz CT molecular complexity index is 939. The van der Waals surface area contributed by atoms with Crippen LogP contribution in [0.2, 0.25) is 0 Å². The molecule has 1 heterocycles. The van der Waals surface area contributed by atoms with Gasteiger partial charge in [-0.2, -0.15) is 10.2 Å². The van der Waals surface area contributed by atoms with Gasteiger partial charge in [-0.25, -0.2) is 15.6 Å². The maximum absolute atomic E-state index is 11.6. The molecule has 2 amide bonds. The topological polar surface area (TPSA) is 99.0 Å². The van der Waals surface area contributed by atoms with Crippen LogP contribution in [0.1, 0.15) is 11.1 Å². The molecule has 0 unspecified atom stereocenters. The maximum Gasteiger partial charge on any atom is 0.355 e. The van der Waals surface area contributed by atoms with Crippen LogP contribution < -0.4 is 10.9 Å². The lowest BCUT2D eigenvalue weighted by molar-refractivity contribution is 0.242. The molecule has 0 aliphatic carbocycles. The number of pyridine rings is 1. The van der Waals surface area contributed by atoms with Crippen molar-refractivity contribution >= 4 is 29.2 Å². The molecule has 124 valence electrons. The van der Waals surface area contributed by atoms with Crippen LogP contribution in [-0.4, -0.2) is 28.6 Å². The van der Waals surface area contributed by atoms with Crippen molar-refractivity contribution in [2.45, 2.75) is 0 Å². The van der Waals surface area contributed by atoms with Crippen molar-refractivity contribution in [3.05, 3.63) is 72.1 Å². The number of benzene rings is 2. The summed E-state index contributed by atoms with van der Waals surface area (Å²) in [6.07, 6.45) is 6.14. The number of urea groups is 1. The lowest BCUT2D eigenvalue weighted by Crippen LogP contribution is -2.28. The highest BCUT2D eigenvalue weighted by Crippen LogP contribution is 2.25. The molecule has 0 bridgehead atoms. The van der Waals surface area contributed by atoms with Crippen LogP contribution in [0.4, 0.5) is 4.79 Å². The molecule has 1 aromatic heterocycles. The first-order valence-corrected chi connectivity index (χ1v) is 7.47. The van der Waals surface area contributed by atoms with E-state index in [1.54, 1.807) is 30.6 Å². The zero-order chi connectivity index (χ0) is 17.5. The number of hydrazone groups is 2. The summed E-state index contributed by atoms with van der Waals surface area (Å²) < 4.78 is 0. The van der Waals surface area contributed by atoms with E-state index < -0.39 is 6.03 Å². The lowest BCUT2D eigenvalue weighted by atomic mass is 10.0. The number of phenols is 1. The minimum Gasteiger partial charge on any atom is -0.507 e. The quantitative estimate of drug-likeness (QED) is 0.505. The summed E-state index contributed by atoms with van der Waals surface area (Å²) in [7, 11) is 0. The van der Waals surface area contributed by atoms with Crippen LogP contribution >= 0.6 is 0 Å². The molecular formula is C18H15N5O2. The summed E-state index contributed by atoms with van der Waals surface area (Å²) in [6.45, 7) is 0. The second kappa shape index (κ2) is 7.69. The zero-order valence-electron chi connectivity index (χ0n) is 13.1. The minimum absolute atomic E-state index is 0.0837. The fourth-order valence-electron chi connectivity index (χ4n) is 2.22. The zero-order valence-corrected chi connectivity index (χ0v) is 13.1. The van der Waals surface area contributed by atoms with E-state index in [1.807, 2.05) is 30.3 Å². The van der Waals surface area contributed by atoms with Gasteiger partial charge in [0.25, 0.3) is 0 Å². The fourth-order valence-corrected chi connectivity index (χ4v) is 2.22. The molecular weight excluding hydrogens is 318 g/mol. The van der Waals surface area contributed by atoms with Gasteiger partial charge >= 0.3 is 6.03 Å². The van der Waals surface area contributed by atoms with E-state index in [9.17, 15) is 9.90 Å². The molecule has 3 N–H and O–H groups in total. The minimum atomic E-state index is -0.596. The fraction of sp³-hybridized carbons (Fsp3) is 0. The molecule has 7 nitrogen and oxygen atoms in total. The van der Waals surface area contributed by atoms with Gasteiger partial charge in [0.15, 0.2) is 0 Å². The van der Waals surface area contributed by atoms with Crippen molar-refractivity contribution in [3.8, 4) is 5.75 Å². The summed E-state index contributed by atoms with van der Waals surface area (Å²) in [5.74, 6) is 0.0837. The van der Waals surface area contributed by atoms with Crippen LogP contribution in [0.3, 0.4) is 0 Å². The van der Waals surface area contributed by atoms with E-state index in [2.05, 4.69) is 26.0 Å². The molecule has 0 spiro atoms. The number of fused-ring (bicyclic) bond motifs is 1. The molecule has 0 saturated heterocycles. The second-order valence-corrected chi connectivity index (χ2v) is 5.07. The first-order valence-electron chi connectivity index (χ1n) is 7.47. The van der Waals surface area contributed by atoms with E-state index in [1.165, 1.54) is 12.4 Å². The Morgan fingerprint density at radius 3 is 2.48 bits per heavy atom. The van der Waals surface area contributed by atoms with Crippen molar-refractivity contribution in [2.75, 3.05) is 0 Å². The number of phenolic OH excluding ortho intramolecular Hbond substituents is 1. The SMILES string of the molecule is O=C(N/N=C/c1ccncc1)N/N=C/c1c(O)ccc2ccccc12. The third kappa shape index (κ3) is 4.17. The van der Waals surface area contributed by atoms with Crippen molar-refractivity contribution in [3.63, 3.8) is 0 Å². The van der Waals surface area contributed by atoms with E-state index in [0.717, 1.165) is 16.3 Å². The number of aromatic nitrogens is 1. The van der Waals surface area contributed by atoms with Gasteiger partial charge in [-0.1, -0.05) is 30.3 Å². The Hall–Kier alpha value is -3.74. The number of amides is 2. The molecule has 25 heavy (non-hydrogen) atoms. The molecule has 0 aliphatic heterocycles. The van der Waals surface area contributed by atoms with Gasteiger partial charge in [-0.05, 0) is 34.5 Å². The van der Waals surface area contributed by atoms with Gasteiger partial charge in [0, 0.05) is 18.0 Å². The van der Waals surface area contributed by atoms with Gasteiger partial charge < -0.3 is 5.11 Å². The third-order valence-electron chi connectivity index (χ3n) is 3.39. The van der Waals surface area contributed by atoms with Gasteiger partial charge in [0.2, 0.25) is 0 Å². The number of carbonyl (C=O) groups is 1. The molecule has 0 fully saturated rings. The summed E-state index contributed by atoms with van der Waals surface area (Å²) >= 11 is 0. The molecule has 0 atom stereocenters. The first-order chi connectivity index (χ1) is 12.2. The van der Waals surface area contributed by atoms with Crippen molar-refractivity contribution in [2.24, 2.45) is 10.2 Å². The molecule has 3 rings (SSSR count). The van der Waals surface area contributed by atoms with Crippen molar-refractivity contribution < 1.29 is 9.90 Å². The predicted molar refractivity (Wildman–Crippen MR) is 96.7 cm³/mol. The van der Waals surface area contributed by atoms with E-state index in [-0.39, 0.29) is 5.75 Å². The number of nitrogens with one attached hydrogen (secondary N) is 2. The largest absolute Gasteiger partial charge is 0.507 e. The third-order valence-corrected chi connectivity index (χ3v) is 3.39. The smallest absolute Gasteiger partial charge is 0.355 e. The average Bonchev–Trinajstić information content (AvgIpc) is 2.64. The second-order valence-electron chi connectivity index (χ2n) is 5.07. The Balaban J connectivity index is 1.63. The van der Waals surface area contributed by atoms with Crippen LogP contribution in [0.5, 0.6) is 5.75 Å². The normalized spacial score (nSPS) is 11.2. The number of aromatic hydroxyl groups is 1. The molecule has 0 radical (unpaired) electrons. The first kappa shape index (κ1) is 16.1. The monoisotopic (exact) mass is 333 g/mol. The standard InChI is InChI=1S/C18H15N5O2/c24-17-6-5-14-3-1-2-4-15(14)16(17)12-21-23-18(25)22-20-11-13-7-9-19-10-8-13/h1-12,24H,(H2,22,23,25)/b20-11+,21-12+. The van der Waals surface area contributed by atoms with Crippen LogP contribution in [0.15, 0.2) is 71.1 Å². The molecule has 0 aliphatic rings. The number of nitrogens with zero attached hydrogens (tertiary/aromatic N) is 3. The Morgan fingerprint density at radius 2 is 1.68 bits per heavy atom. The summed E-state index contributed by atoms with van der Waals surface area (Å²) in [6, 6.07) is 13.9. The van der Waals surface area contributed by atoms with Crippen LogP contribution in [0.25, 0.3) is 10.8 Å². The summed E-state index contributed by atoms with van der Waals surface area (Å²) in [5, 5.41) is 19.4. The highest BCUT2D eigenvalue weighted by Gasteiger charge is 2.04. The van der Waals surface area contributed by atoms with Gasteiger partial charge in [-0.3, -0.25) is 4.98 Å². The Kier molecular flexibility index (Phi) is 4.96. The number of hydrogen-bond acceptors (Lipinski definition) is 5.